The van der Waals surface area contributed by atoms with E-state index in [0.29, 0.717) is 23.7 Å². The van der Waals surface area contributed by atoms with Gasteiger partial charge in [0.05, 0.1) is 22.5 Å². The molecule has 0 aromatic carbocycles. The van der Waals surface area contributed by atoms with Crippen molar-refractivity contribution in [2.45, 2.75) is 13.5 Å². The number of amides is 1. The summed E-state index contributed by atoms with van der Waals surface area (Å²) in [5.74, 6) is 0.0418. The Labute approximate surface area is 134 Å². The molecule has 22 heavy (non-hydrogen) atoms. The van der Waals surface area contributed by atoms with Crippen molar-refractivity contribution in [3.05, 3.63) is 41.4 Å². The molecule has 1 fully saturated rings. The summed E-state index contributed by atoms with van der Waals surface area (Å²) in [7, 11) is 0. The number of hydrogen-bond donors (Lipinski definition) is 0. The zero-order valence-corrected chi connectivity index (χ0v) is 13.2. The van der Waals surface area contributed by atoms with Crippen molar-refractivity contribution in [3.8, 4) is 0 Å². The number of aryl methyl sites for hydroxylation is 1. The van der Waals surface area contributed by atoms with E-state index in [0.717, 1.165) is 25.3 Å². The van der Waals surface area contributed by atoms with Crippen molar-refractivity contribution >= 4 is 23.2 Å². The van der Waals surface area contributed by atoms with E-state index in [1.807, 2.05) is 17.9 Å². The second-order valence-corrected chi connectivity index (χ2v) is 5.60. The molecule has 1 aliphatic rings. The summed E-state index contributed by atoms with van der Waals surface area (Å²) in [4.78, 5) is 20.5. The minimum atomic E-state index is 0.0418. The Balaban J connectivity index is 1.64. The Morgan fingerprint density at radius 1 is 1.27 bits per heavy atom. The van der Waals surface area contributed by atoms with E-state index in [4.69, 9.17) is 11.6 Å². The van der Waals surface area contributed by atoms with Crippen LogP contribution >= 0.6 is 11.6 Å². The van der Waals surface area contributed by atoms with Gasteiger partial charge in [-0.1, -0.05) is 11.6 Å². The lowest BCUT2D eigenvalue weighted by atomic mass is 10.2. The van der Waals surface area contributed by atoms with Gasteiger partial charge in [0.2, 0.25) is 0 Å². The summed E-state index contributed by atoms with van der Waals surface area (Å²) in [5, 5.41) is 4.80. The van der Waals surface area contributed by atoms with Crippen LogP contribution in [0.3, 0.4) is 0 Å². The zero-order chi connectivity index (χ0) is 15.5. The predicted molar refractivity (Wildman–Crippen MR) is 85.3 cm³/mol. The van der Waals surface area contributed by atoms with Gasteiger partial charge in [0.15, 0.2) is 0 Å². The smallest absolute Gasteiger partial charge is 0.257 e. The number of piperazine rings is 1. The topological polar surface area (TPSA) is 54.3 Å². The molecule has 2 aromatic heterocycles. The van der Waals surface area contributed by atoms with E-state index in [9.17, 15) is 4.79 Å². The van der Waals surface area contributed by atoms with Crippen molar-refractivity contribution in [3.63, 3.8) is 0 Å². The first-order valence-corrected chi connectivity index (χ1v) is 7.73. The maximum Gasteiger partial charge on any atom is 0.257 e. The molecular weight excluding hydrogens is 302 g/mol. The number of pyridine rings is 1. The number of halogens is 1. The number of carbonyl (C=O) groups is 1. The van der Waals surface area contributed by atoms with Crippen LogP contribution in [0.4, 0.5) is 5.69 Å². The lowest BCUT2D eigenvalue weighted by Crippen LogP contribution is -2.48. The molecule has 0 atom stereocenters. The molecule has 1 aliphatic heterocycles. The van der Waals surface area contributed by atoms with Crippen molar-refractivity contribution in [2.75, 3.05) is 31.1 Å². The van der Waals surface area contributed by atoms with E-state index in [2.05, 4.69) is 15.0 Å². The molecule has 0 N–H and O–H groups in total. The third kappa shape index (κ3) is 2.92. The fraction of sp³-hybridized carbons (Fsp3) is 0.400. The van der Waals surface area contributed by atoms with Crippen molar-refractivity contribution in [2.24, 2.45) is 0 Å². The molecule has 0 radical (unpaired) electrons. The van der Waals surface area contributed by atoms with Crippen LogP contribution in [0.15, 0.2) is 30.9 Å². The molecule has 3 rings (SSSR count). The lowest BCUT2D eigenvalue weighted by molar-refractivity contribution is 0.0746. The summed E-state index contributed by atoms with van der Waals surface area (Å²) < 4.78 is 1.76. The number of hydrogen-bond acceptors (Lipinski definition) is 4. The van der Waals surface area contributed by atoms with E-state index < -0.39 is 0 Å². The van der Waals surface area contributed by atoms with Crippen LogP contribution in [0.25, 0.3) is 0 Å². The largest absolute Gasteiger partial charge is 0.367 e. The molecular formula is C15H18ClN5O. The number of rotatable bonds is 3. The third-order valence-electron chi connectivity index (χ3n) is 3.86. The highest BCUT2D eigenvalue weighted by atomic mass is 35.5. The number of nitrogens with zero attached hydrogens (tertiary/aromatic N) is 5. The summed E-state index contributed by atoms with van der Waals surface area (Å²) in [6.45, 7) is 5.64. The minimum Gasteiger partial charge on any atom is -0.367 e. The Morgan fingerprint density at radius 2 is 2.05 bits per heavy atom. The molecule has 6 nitrogen and oxygen atoms in total. The van der Waals surface area contributed by atoms with Crippen molar-refractivity contribution in [1.82, 2.24) is 19.7 Å². The minimum absolute atomic E-state index is 0.0418. The van der Waals surface area contributed by atoms with Crippen LogP contribution in [0.2, 0.25) is 5.02 Å². The summed E-state index contributed by atoms with van der Waals surface area (Å²) >= 11 is 6.18. The molecule has 0 saturated carbocycles. The molecule has 0 unspecified atom stereocenters. The lowest BCUT2D eigenvalue weighted by Gasteiger charge is -2.36. The monoisotopic (exact) mass is 319 g/mol. The normalized spacial score (nSPS) is 15.2. The summed E-state index contributed by atoms with van der Waals surface area (Å²) in [5.41, 5.74) is 1.62. The van der Waals surface area contributed by atoms with Crippen molar-refractivity contribution < 1.29 is 4.79 Å². The quantitative estimate of drug-likeness (QED) is 0.867. The number of anilines is 1. The van der Waals surface area contributed by atoms with Crippen LogP contribution in [-0.4, -0.2) is 51.8 Å². The Morgan fingerprint density at radius 3 is 2.68 bits per heavy atom. The second-order valence-electron chi connectivity index (χ2n) is 5.19. The van der Waals surface area contributed by atoms with E-state index in [-0.39, 0.29) is 5.91 Å². The first-order chi connectivity index (χ1) is 10.7. The summed E-state index contributed by atoms with van der Waals surface area (Å²) in [6, 6.07) is 1.91. The number of aromatic nitrogens is 3. The highest BCUT2D eigenvalue weighted by Crippen LogP contribution is 2.25. The maximum atomic E-state index is 12.5. The van der Waals surface area contributed by atoms with Gasteiger partial charge in [0.1, 0.15) is 0 Å². The Bertz CT molecular complexity index is 663. The van der Waals surface area contributed by atoms with Gasteiger partial charge in [-0.15, -0.1) is 0 Å². The second kappa shape index (κ2) is 6.36. The van der Waals surface area contributed by atoms with Crippen LogP contribution in [0, 0.1) is 0 Å². The van der Waals surface area contributed by atoms with E-state index in [1.54, 1.807) is 29.5 Å². The third-order valence-corrected chi connectivity index (χ3v) is 4.15. The van der Waals surface area contributed by atoms with Crippen LogP contribution in [-0.2, 0) is 6.54 Å². The average Bonchev–Trinajstić information content (AvgIpc) is 3.04. The Kier molecular flexibility index (Phi) is 4.29. The van der Waals surface area contributed by atoms with Gasteiger partial charge in [0, 0.05) is 51.3 Å². The fourth-order valence-corrected chi connectivity index (χ4v) is 2.84. The van der Waals surface area contributed by atoms with Crippen LogP contribution in [0.1, 0.15) is 17.3 Å². The fourth-order valence-electron chi connectivity index (χ4n) is 2.60. The van der Waals surface area contributed by atoms with Gasteiger partial charge in [0.25, 0.3) is 5.91 Å². The van der Waals surface area contributed by atoms with Gasteiger partial charge in [-0.05, 0) is 13.0 Å². The molecule has 0 spiro atoms. The summed E-state index contributed by atoms with van der Waals surface area (Å²) in [6.07, 6.45) is 6.82. The average molecular weight is 320 g/mol. The first kappa shape index (κ1) is 14.8. The van der Waals surface area contributed by atoms with Crippen LogP contribution < -0.4 is 4.90 Å². The molecule has 0 aliphatic carbocycles. The standard InChI is InChI=1S/C15H18ClN5O/c1-2-21-11-12(9-18-21)15(22)20-7-5-19(6-8-20)14-3-4-17-10-13(14)16/h3-4,9-11H,2,5-8H2,1H3. The predicted octanol–water partition coefficient (Wildman–Crippen LogP) is 1.91. The zero-order valence-electron chi connectivity index (χ0n) is 12.4. The maximum absolute atomic E-state index is 12.5. The Hall–Kier alpha value is -2.08. The van der Waals surface area contributed by atoms with Gasteiger partial charge in [-0.2, -0.15) is 5.10 Å². The molecule has 116 valence electrons. The molecule has 0 bridgehead atoms. The van der Waals surface area contributed by atoms with Crippen molar-refractivity contribution in [1.29, 1.82) is 0 Å². The first-order valence-electron chi connectivity index (χ1n) is 7.35. The molecule has 1 amide bonds. The molecule has 3 heterocycles. The van der Waals surface area contributed by atoms with Gasteiger partial charge >= 0.3 is 0 Å². The SMILES string of the molecule is CCn1cc(C(=O)N2CCN(c3ccncc3Cl)CC2)cn1. The van der Waals surface area contributed by atoms with Gasteiger partial charge < -0.3 is 9.80 Å². The van der Waals surface area contributed by atoms with Gasteiger partial charge in [-0.25, -0.2) is 0 Å². The molecule has 7 heteroatoms. The molecule has 2 aromatic rings. The number of carbonyl (C=O) groups excluding carboxylic acids is 1. The van der Waals surface area contributed by atoms with E-state index in [1.165, 1.54) is 0 Å². The van der Waals surface area contributed by atoms with Crippen LogP contribution in [0.5, 0.6) is 0 Å². The highest BCUT2D eigenvalue weighted by molar-refractivity contribution is 6.33. The van der Waals surface area contributed by atoms with E-state index >= 15 is 0 Å². The van der Waals surface area contributed by atoms with Gasteiger partial charge in [-0.3, -0.25) is 14.5 Å². The highest BCUT2D eigenvalue weighted by Gasteiger charge is 2.24. The molecule has 1 saturated heterocycles.